The molecule has 0 saturated heterocycles. The third-order valence-electron chi connectivity index (χ3n) is 4.36. The Hall–Kier alpha value is -1.76. The van der Waals surface area contributed by atoms with Crippen molar-refractivity contribution >= 4 is 23.1 Å². The highest BCUT2D eigenvalue weighted by atomic mass is 32.1. The number of hydrogen-bond acceptors (Lipinski definition) is 2. The van der Waals surface area contributed by atoms with Crippen LogP contribution in [-0.4, -0.2) is 5.16 Å². The van der Waals surface area contributed by atoms with Gasteiger partial charge in [0.05, 0.1) is 10.8 Å². The van der Waals surface area contributed by atoms with E-state index in [-0.39, 0.29) is 0 Å². The highest BCUT2D eigenvalue weighted by Gasteiger charge is 2.15. The van der Waals surface area contributed by atoms with E-state index in [9.17, 15) is 0 Å². The van der Waals surface area contributed by atoms with Crippen molar-refractivity contribution in [2.75, 3.05) is 0 Å². The maximum atomic E-state index is 4.62. The first-order valence-corrected chi connectivity index (χ1v) is 8.06. The number of benzene rings is 2. The van der Waals surface area contributed by atoms with Crippen LogP contribution in [0.5, 0.6) is 0 Å². The highest BCUT2D eigenvalue weighted by molar-refractivity contribution is 7.78. The second-order valence-corrected chi connectivity index (χ2v) is 5.89. The number of thiocarbonyl (C=S) groups is 1. The second-order valence-electron chi connectivity index (χ2n) is 5.71. The van der Waals surface area contributed by atoms with E-state index in [0.29, 0.717) is 0 Å². The van der Waals surface area contributed by atoms with Crippen molar-refractivity contribution in [2.45, 2.75) is 38.0 Å². The first-order chi connectivity index (χ1) is 10.4. The van der Waals surface area contributed by atoms with Crippen LogP contribution in [0.1, 0.15) is 43.6 Å². The van der Waals surface area contributed by atoms with Crippen LogP contribution in [0.3, 0.4) is 0 Å². The molecule has 3 rings (SSSR count). The van der Waals surface area contributed by atoms with Gasteiger partial charge in [-0.2, -0.15) is 4.99 Å². The van der Waals surface area contributed by atoms with Gasteiger partial charge >= 0.3 is 0 Å². The standard InChI is InChI=1S/C19H19NS/c21-14-20-19-12-10-18(11-13-19)17-8-6-16(7-9-17)15-4-2-1-3-5-15/h6-13,15H,1-5H2. The largest absolute Gasteiger partial charge is 0.195 e. The summed E-state index contributed by atoms with van der Waals surface area (Å²) in [6.45, 7) is 0. The SMILES string of the molecule is S=C=Nc1ccc(-c2ccc(C3CCCCC3)cc2)cc1. The zero-order chi connectivity index (χ0) is 14.5. The summed E-state index contributed by atoms with van der Waals surface area (Å²) in [6.07, 6.45) is 6.88. The fourth-order valence-electron chi connectivity index (χ4n) is 3.16. The van der Waals surface area contributed by atoms with E-state index in [1.165, 1.54) is 48.8 Å². The lowest BCUT2D eigenvalue weighted by molar-refractivity contribution is 0.443. The predicted molar refractivity (Wildman–Crippen MR) is 92.4 cm³/mol. The molecule has 1 aliphatic carbocycles. The fourth-order valence-corrected chi connectivity index (χ4v) is 3.27. The molecule has 1 saturated carbocycles. The highest BCUT2D eigenvalue weighted by Crippen LogP contribution is 2.33. The third kappa shape index (κ3) is 3.47. The molecule has 1 fully saturated rings. The van der Waals surface area contributed by atoms with E-state index in [1.807, 2.05) is 12.1 Å². The Morgan fingerprint density at radius 3 is 1.95 bits per heavy atom. The van der Waals surface area contributed by atoms with Crippen molar-refractivity contribution in [1.82, 2.24) is 0 Å². The van der Waals surface area contributed by atoms with Crippen LogP contribution in [0, 0.1) is 0 Å². The minimum Gasteiger partial charge on any atom is -0.195 e. The van der Waals surface area contributed by atoms with Crippen molar-refractivity contribution < 1.29 is 0 Å². The maximum Gasteiger partial charge on any atom is 0.0739 e. The summed E-state index contributed by atoms with van der Waals surface area (Å²) in [4.78, 5) is 3.98. The number of aliphatic imine (C=N–C) groups is 1. The number of hydrogen-bond donors (Lipinski definition) is 0. The molecule has 2 heteroatoms. The molecule has 0 amide bonds. The Kier molecular flexibility index (Phi) is 4.59. The topological polar surface area (TPSA) is 12.4 Å². The molecule has 21 heavy (non-hydrogen) atoms. The molecule has 106 valence electrons. The van der Waals surface area contributed by atoms with Gasteiger partial charge in [0.25, 0.3) is 0 Å². The van der Waals surface area contributed by atoms with Gasteiger partial charge in [0, 0.05) is 0 Å². The summed E-state index contributed by atoms with van der Waals surface area (Å²) in [5, 5.41) is 2.40. The van der Waals surface area contributed by atoms with Crippen LogP contribution in [0.4, 0.5) is 5.69 Å². The molecule has 0 bridgehead atoms. The first-order valence-electron chi connectivity index (χ1n) is 7.65. The molecular formula is C19H19NS. The van der Waals surface area contributed by atoms with E-state index in [2.05, 4.69) is 58.8 Å². The van der Waals surface area contributed by atoms with E-state index in [1.54, 1.807) is 0 Å². The zero-order valence-corrected chi connectivity index (χ0v) is 12.9. The summed E-state index contributed by atoms with van der Waals surface area (Å²) in [6, 6.07) is 17.2. The number of rotatable bonds is 3. The first kappa shape index (κ1) is 14.2. The van der Waals surface area contributed by atoms with Crippen LogP contribution in [0.2, 0.25) is 0 Å². The van der Waals surface area contributed by atoms with Crippen LogP contribution < -0.4 is 0 Å². The molecule has 0 spiro atoms. The zero-order valence-electron chi connectivity index (χ0n) is 12.1. The summed E-state index contributed by atoms with van der Waals surface area (Å²) in [7, 11) is 0. The van der Waals surface area contributed by atoms with Gasteiger partial charge in [-0.15, -0.1) is 0 Å². The van der Waals surface area contributed by atoms with Gasteiger partial charge in [-0.25, -0.2) is 0 Å². The normalized spacial score (nSPS) is 15.4. The molecule has 0 atom stereocenters. The molecule has 2 aromatic rings. The van der Waals surface area contributed by atoms with E-state index < -0.39 is 0 Å². The number of isothiocyanates is 1. The van der Waals surface area contributed by atoms with Crippen molar-refractivity contribution in [3.8, 4) is 11.1 Å². The Bertz CT molecular complexity index is 630. The van der Waals surface area contributed by atoms with Gasteiger partial charge in [-0.3, -0.25) is 0 Å². The van der Waals surface area contributed by atoms with Crippen LogP contribution in [0.25, 0.3) is 11.1 Å². The Morgan fingerprint density at radius 1 is 0.810 bits per heavy atom. The summed E-state index contributed by atoms with van der Waals surface area (Å²) in [5.41, 5.74) is 4.83. The lowest BCUT2D eigenvalue weighted by Gasteiger charge is -2.22. The third-order valence-corrected chi connectivity index (χ3v) is 4.45. The molecule has 0 heterocycles. The summed E-state index contributed by atoms with van der Waals surface area (Å²) < 4.78 is 0. The average Bonchev–Trinajstić information content (AvgIpc) is 2.57. The predicted octanol–water partition coefficient (Wildman–Crippen LogP) is 6.14. The minimum atomic E-state index is 0.770. The maximum absolute atomic E-state index is 4.62. The Morgan fingerprint density at radius 2 is 1.38 bits per heavy atom. The molecular weight excluding hydrogens is 274 g/mol. The van der Waals surface area contributed by atoms with Crippen molar-refractivity contribution in [1.29, 1.82) is 0 Å². The van der Waals surface area contributed by atoms with Gasteiger partial charge in [-0.05, 0) is 59.8 Å². The second kappa shape index (κ2) is 6.80. The fraction of sp³-hybridized carbons (Fsp3) is 0.316. The van der Waals surface area contributed by atoms with E-state index in [4.69, 9.17) is 0 Å². The lowest BCUT2D eigenvalue weighted by Crippen LogP contribution is -2.04. The van der Waals surface area contributed by atoms with Crippen LogP contribution in [0.15, 0.2) is 53.5 Å². The van der Waals surface area contributed by atoms with Gasteiger partial charge in [0.15, 0.2) is 0 Å². The Labute approximate surface area is 131 Å². The van der Waals surface area contributed by atoms with Crippen LogP contribution >= 0.6 is 12.2 Å². The number of nitrogens with zero attached hydrogens (tertiary/aromatic N) is 1. The van der Waals surface area contributed by atoms with Gasteiger partial charge < -0.3 is 0 Å². The molecule has 0 unspecified atom stereocenters. The molecule has 1 aliphatic rings. The molecule has 0 N–H and O–H groups in total. The minimum absolute atomic E-state index is 0.770. The van der Waals surface area contributed by atoms with E-state index in [0.717, 1.165) is 11.6 Å². The quantitative estimate of drug-likeness (QED) is 0.489. The molecule has 1 nitrogen and oxygen atoms in total. The van der Waals surface area contributed by atoms with E-state index >= 15 is 0 Å². The monoisotopic (exact) mass is 293 g/mol. The summed E-state index contributed by atoms with van der Waals surface area (Å²) in [5.74, 6) is 0.770. The lowest BCUT2D eigenvalue weighted by atomic mass is 9.84. The summed E-state index contributed by atoms with van der Waals surface area (Å²) >= 11 is 4.62. The molecule has 0 aromatic heterocycles. The van der Waals surface area contributed by atoms with Crippen molar-refractivity contribution in [2.24, 2.45) is 4.99 Å². The van der Waals surface area contributed by atoms with Gasteiger partial charge in [0.2, 0.25) is 0 Å². The Balaban J connectivity index is 1.78. The average molecular weight is 293 g/mol. The molecule has 0 aliphatic heterocycles. The van der Waals surface area contributed by atoms with Gasteiger partial charge in [-0.1, -0.05) is 55.7 Å². The van der Waals surface area contributed by atoms with Gasteiger partial charge in [0.1, 0.15) is 0 Å². The van der Waals surface area contributed by atoms with Crippen LogP contribution in [-0.2, 0) is 0 Å². The molecule has 0 radical (unpaired) electrons. The van der Waals surface area contributed by atoms with Crippen molar-refractivity contribution in [3.05, 3.63) is 54.1 Å². The van der Waals surface area contributed by atoms with Crippen molar-refractivity contribution in [3.63, 3.8) is 0 Å². The molecule has 2 aromatic carbocycles. The smallest absolute Gasteiger partial charge is 0.0739 e.